The minimum absolute atomic E-state index is 0.0303. The summed E-state index contributed by atoms with van der Waals surface area (Å²) in [5.74, 6) is 0.0303. The monoisotopic (exact) mass is 457 g/mol. The molecule has 0 aromatic carbocycles. The van der Waals surface area contributed by atoms with Gasteiger partial charge in [0.15, 0.2) is 0 Å². The van der Waals surface area contributed by atoms with E-state index >= 15 is 0 Å². The molecular weight excluding hydrogens is 446 g/mol. The number of nitrogens with one attached hydrogen (secondary N) is 1. The van der Waals surface area contributed by atoms with Crippen molar-refractivity contribution in [2.75, 3.05) is 0 Å². The molecular formula is C12H14Br3NOS. The molecule has 1 heterocycles. The van der Waals surface area contributed by atoms with Crippen molar-refractivity contribution in [2.45, 2.75) is 43.0 Å². The van der Waals surface area contributed by atoms with Crippen LogP contribution in [0.25, 0.3) is 0 Å². The number of alkyl halides is 1. The molecule has 1 N–H and O–H groups in total. The van der Waals surface area contributed by atoms with Gasteiger partial charge in [0.1, 0.15) is 0 Å². The standard InChI is InChI=1S/C12H14Br3NOS/c13-7-4-2-1-3-5-9(7)16-12(17)10-6-8(14)11(15)18-10/h6-7,9H,1-5H2,(H,16,17). The van der Waals surface area contributed by atoms with Gasteiger partial charge in [-0.05, 0) is 50.8 Å². The summed E-state index contributed by atoms with van der Waals surface area (Å²) in [4.78, 5) is 13.3. The Kier molecular flexibility index (Phi) is 5.72. The minimum atomic E-state index is 0.0303. The number of thiophene rings is 1. The molecule has 1 amide bonds. The fraction of sp³-hybridized carbons (Fsp3) is 0.583. The van der Waals surface area contributed by atoms with E-state index in [1.165, 1.54) is 30.6 Å². The van der Waals surface area contributed by atoms with Crippen molar-refractivity contribution in [1.82, 2.24) is 5.32 Å². The first kappa shape index (κ1) is 15.0. The van der Waals surface area contributed by atoms with E-state index in [4.69, 9.17) is 0 Å². The molecule has 100 valence electrons. The van der Waals surface area contributed by atoms with Gasteiger partial charge in [0.2, 0.25) is 0 Å². The van der Waals surface area contributed by atoms with Crippen LogP contribution >= 0.6 is 59.1 Å². The molecule has 1 fully saturated rings. The highest BCUT2D eigenvalue weighted by Crippen LogP contribution is 2.32. The Balaban J connectivity index is 2.01. The quantitative estimate of drug-likeness (QED) is 0.484. The second-order valence-electron chi connectivity index (χ2n) is 4.47. The maximum Gasteiger partial charge on any atom is 0.261 e. The summed E-state index contributed by atoms with van der Waals surface area (Å²) < 4.78 is 1.90. The van der Waals surface area contributed by atoms with Crippen molar-refractivity contribution in [1.29, 1.82) is 0 Å². The lowest BCUT2D eigenvalue weighted by atomic mass is 10.1. The molecule has 0 radical (unpaired) electrons. The van der Waals surface area contributed by atoms with Crippen molar-refractivity contribution in [3.63, 3.8) is 0 Å². The molecule has 1 aliphatic rings. The summed E-state index contributed by atoms with van der Waals surface area (Å²) in [7, 11) is 0. The van der Waals surface area contributed by atoms with Crippen LogP contribution in [0.3, 0.4) is 0 Å². The van der Waals surface area contributed by atoms with E-state index in [1.807, 2.05) is 6.07 Å². The van der Waals surface area contributed by atoms with Gasteiger partial charge in [0, 0.05) is 15.3 Å². The molecule has 0 spiro atoms. The van der Waals surface area contributed by atoms with E-state index in [2.05, 4.69) is 53.1 Å². The molecule has 1 aliphatic carbocycles. The van der Waals surface area contributed by atoms with Gasteiger partial charge in [-0.15, -0.1) is 11.3 Å². The van der Waals surface area contributed by atoms with Crippen LogP contribution in [-0.4, -0.2) is 16.8 Å². The summed E-state index contributed by atoms with van der Waals surface area (Å²) in [6.07, 6.45) is 5.92. The molecule has 2 nitrogen and oxygen atoms in total. The molecule has 6 heteroatoms. The van der Waals surface area contributed by atoms with Crippen molar-refractivity contribution in [3.8, 4) is 0 Å². The first-order valence-electron chi connectivity index (χ1n) is 5.97. The van der Waals surface area contributed by atoms with Crippen LogP contribution in [0.15, 0.2) is 14.3 Å². The Morgan fingerprint density at radius 3 is 2.67 bits per heavy atom. The lowest BCUT2D eigenvalue weighted by Crippen LogP contribution is -2.40. The number of carbonyl (C=O) groups is 1. The average molecular weight is 460 g/mol. The highest BCUT2D eigenvalue weighted by atomic mass is 79.9. The normalized spacial score (nSPS) is 24.6. The predicted octanol–water partition coefficient (Wildman–Crippen LogP) is 5.10. The van der Waals surface area contributed by atoms with E-state index in [0.29, 0.717) is 4.83 Å². The van der Waals surface area contributed by atoms with E-state index in [1.54, 1.807) is 0 Å². The van der Waals surface area contributed by atoms with E-state index in [0.717, 1.165) is 26.0 Å². The summed E-state index contributed by atoms with van der Waals surface area (Å²) >= 11 is 12.0. The Labute approximate surface area is 136 Å². The van der Waals surface area contributed by atoms with Crippen molar-refractivity contribution < 1.29 is 4.79 Å². The van der Waals surface area contributed by atoms with Gasteiger partial charge in [-0.2, -0.15) is 0 Å². The van der Waals surface area contributed by atoms with Crippen LogP contribution in [0.5, 0.6) is 0 Å². The first-order valence-corrected chi connectivity index (χ1v) is 9.29. The van der Waals surface area contributed by atoms with Gasteiger partial charge >= 0.3 is 0 Å². The van der Waals surface area contributed by atoms with Crippen LogP contribution in [-0.2, 0) is 0 Å². The topological polar surface area (TPSA) is 29.1 Å². The molecule has 1 saturated carbocycles. The Morgan fingerprint density at radius 2 is 2.00 bits per heavy atom. The molecule has 0 saturated heterocycles. The molecule has 0 bridgehead atoms. The smallest absolute Gasteiger partial charge is 0.261 e. The number of amides is 1. The zero-order valence-electron chi connectivity index (χ0n) is 9.72. The molecule has 18 heavy (non-hydrogen) atoms. The van der Waals surface area contributed by atoms with E-state index in [-0.39, 0.29) is 11.9 Å². The van der Waals surface area contributed by atoms with Gasteiger partial charge in [0.25, 0.3) is 5.91 Å². The molecule has 1 aromatic rings. The second kappa shape index (κ2) is 6.86. The largest absolute Gasteiger partial charge is 0.347 e. The van der Waals surface area contributed by atoms with E-state index in [9.17, 15) is 4.79 Å². The number of hydrogen-bond acceptors (Lipinski definition) is 2. The number of carbonyl (C=O) groups excluding carboxylic acids is 1. The first-order chi connectivity index (χ1) is 8.58. The summed E-state index contributed by atoms with van der Waals surface area (Å²) in [6.45, 7) is 0. The lowest BCUT2D eigenvalue weighted by Gasteiger charge is -2.21. The Morgan fingerprint density at radius 1 is 1.28 bits per heavy atom. The maximum atomic E-state index is 12.2. The van der Waals surface area contributed by atoms with Crippen LogP contribution in [0, 0.1) is 0 Å². The molecule has 2 rings (SSSR count). The SMILES string of the molecule is O=C(NC1CCCCCC1Br)c1cc(Br)c(Br)s1. The number of rotatable bonds is 2. The fourth-order valence-corrected chi connectivity index (χ4v) is 4.78. The van der Waals surface area contributed by atoms with Gasteiger partial charge in [-0.3, -0.25) is 4.79 Å². The third-order valence-electron chi connectivity index (χ3n) is 3.12. The molecule has 2 atom stereocenters. The van der Waals surface area contributed by atoms with E-state index < -0.39 is 0 Å². The van der Waals surface area contributed by atoms with Gasteiger partial charge < -0.3 is 5.32 Å². The zero-order valence-corrected chi connectivity index (χ0v) is 15.3. The number of hydrogen-bond donors (Lipinski definition) is 1. The van der Waals surface area contributed by atoms with Crippen LogP contribution in [0.2, 0.25) is 0 Å². The van der Waals surface area contributed by atoms with Gasteiger partial charge in [-0.25, -0.2) is 0 Å². The molecule has 0 aliphatic heterocycles. The summed E-state index contributed by atoms with van der Waals surface area (Å²) in [5, 5.41) is 3.15. The third-order valence-corrected chi connectivity index (χ3v) is 7.47. The lowest BCUT2D eigenvalue weighted by molar-refractivity contribution is 0.0939. The van der Waals surface area contributed by atoms with Gasteiger partial charge in [0.05, 0.1) is 8.66 Å². The van der Waals surface area contributed by atoms with Crippen LogP contribution in [0.1, 0.15) is 41.8 Å². The Bertz CT molecular complexity index is 415. The zero-order chi connectivity index (χ0) is 13.1. The molecule has 2 unspecified atom stereocenters. The third kappa shape index (κ3) is 3.81. The van der Waals surface area contributed by atoms with Gasteiger partial charge in [-0.1, -0.05) is 35.2 Å². The van der Waals surface area contributed by atoms with Crippen molar-refractivity contribution in [2.24, 2.45) is 0 Å². The predicted molar refractivity (Wildman–Crippen MR) is 86.8 cm³/mol. The minimum Gasteiger partial charge on any atom is -0.347 e. The number of halogens is 3. The fourth-order valence-electron chi connectivity index (χ4n) is 2.12. The van der Waals surface area contributed by atoms with Crippen LogP contribution in [0.4, 0.5) is 0 Å². The highest BCUT2D eigenvalue weighted by molar-refractivity contribution is 9.13. The van der Waals surface area contributed by atoms with Crippen molar-refractivity contribution in [3.05, 3.63) is 19.2 Å². The summed E-state index contributed by atoms with van der Waals surface area (Å²) in [5.41, 5.74) is 0. The highest BCUT2D eigenvalue weighted by Gasteiger charge is 2.24. The maximum absolute atomic E-state index is 12.2. The Hall–Kier alpha value is 0.610. The second-order valence-corrected chi connectivity index (χ2v) is 8.87. The summed E-state index contributed by atoms with van der Waals surface area (Å²) in [6, 6.07) is 2.11. The van der Waals surface area contributed by atoms with Crippen LogP contribution < -0.4 is 5.32 Å². The molecule has 1 aromatic heterocycles. The van der Waals surface area contributed by atoms with Crippen molar-refractivity contribution >= 4 is 65.0 Å². The average Bonchev–Trinajstić information content (AvgIpc) is 2.54.